The summed E-state index contributed by atoms with van der Waals surface area (Å²) in [5.74, 6) is 0.531. The molecule has 1 atom stereocenters. The first-order valence-electron chi connectivity index (χ1n) is 10.5. The first-order valence-corrected chi connectivity index (χ1v) is 12.5. The van der Waals surface area contributed by atoms with E-state index in [1.54, 1.807) is 7.11 Å². The van der Waals surface area contributed by atoms with Crippen molar-refractivity contribution < 1.29 is 9.53 Å². The van der Waals surface area contributed by atoms with Gasteiger partial charge in [-0.15, -0.1) is 0 Å². The number of rotatable bonds is 4. The maximum atomic E-state index is 12.7. The molecule has 0 N–H and O–H groups in total. The number of methoxy groups -OCH3 is 1. The molecule has 0 saturated carbocycles. The molecule has 0 spiro atoms. The van der Waals surface area contributed by atoms with Crippen molar-refractivity contribution in [2.45, 2.75) is 12.5 Å². The van der Waals surface area contributed by atoms with Crippen LogP contribution >= 0.6 is 39.3 Å². The quantitative estimate of drug-likeness (QED) is 0.329. The number of amides is 1. The lowest BCUT2D eigenvalue weighted by Crippen LogP contribution is -2.23. The fraction of sp³-hybridized carbons (Fsp3) is 0.115. The first kappa shape index (κ1) is 22.9. The Labute approximate surface area is 215 Å². The zero-order chi connectivity index (χ0) is 23.7. The minimum Gasteiger partial charge on any atom is -0.497 e. The van der Waals surface area contributed by atoms with Crippen LogP contribution < -0.4 is 4.74 Å². The number of thioether (sulfide) groups is 1. The van der Waals surface area contributed by atoms with E-state index in [-0.39, 0.29) is 11.9 Å². The SMILES string of the molecule is COc1ccc(C2=NN(C3=NC(=O)/C(=C/c4ccc(Br)cc4)S3)C(c3ccc(Cl)cc3)C2)cc1. The predicted molar refractivity (Wildman–Crippen MR) is 142 cm³/mol. The second-order valence-corrected chi connectivity index (χ2v) is 10.1. The predicted octanol–water partition coefficient (Wildman–Crippen LogP) is 6.93. The summed E-state index contributed by atoms with van der Waals surface area (Å²) in [4.78, 5) is 17.7. The number of aliphatic imine (C=N–C) groups is 1. The summed E-state index contributed by atoms with van der Waals surface area (Å²) in [5.41, 5.74) is 3.91. The molecule has 0 aliphatic carbocycles. The van der Waals surface area contributed by atoms with E-state index in [9.17, 15) is 4.79 Å². The molecule has 1 unspecified atom stereocenters. The van der Waals surface area contributed by atoms with Crippen LogP contribution in [0.2, 0.25) is 5.02 Å². The molecule has 170 valence electrons. The highest BCUT2D eigenvalue weighted by molar-refractivity contribution is 9.10. The molecule has 34 heavy (non-hydrogen) atoms. The summed E-state index contributed by atoms with van der Waals surface area (Å²) >= 11 is 10.9. The lowest BCUT2D eigenvalue weighted by atomic mass is 9.98. The van der Waals surface area contributed by atoms with Gasteiger partial charge in [-0.2, -0.15) is 10.1 Å². The van der Waals surface area contributed by atoms with Gasteiger partial charge in [-0.1, -0.05) is 51.8 Å². The topological polar surface area (TPSA) is 54.3 Å². The van der Waals surface area contributed by atoms with Crippen LogP contribution in [-0.2, 0) is 4.79 Å². The fourth-order valence-corrected chi connectivity index (χ4v) is 5.10. The summed E-state index contributed by atoms with van der Waals surface area (Å²) in [7, 11) is 1.65. The number of hydrogen-bond acceptors (Lipinski definition) is 5. The van der Waals surface area contributed by atoms with Crippen LogP contribution in [0.15, 0.2) is 92.3 Å². The average Bonchev–Trinajstić information content (AvgIpc) is 3.45. The molecular formula is C26H19BrClN3O2S. The van der Waals surface area contributed by atoms with Crippen LogP contribution in [0.1, 0.15) is 29.2 Å². The van der Waals surface area contributed by atoms with Crippen molar-refractivity contribution in [1.82, 2.24) is 5.01 Å². The van der Waals surface area contributed by atoms with Crippen LogP contribution in [-0.4, -0.2) is 28.9 Å². The molecule has 3 aromatic carbocycles. The Kier molecular flexibility index (Phi) is 6.59. The van der Waals surface area contributed by atoms with Crippen molar-refractivity contribution in [3.8, 4) is 5.75 Å². The van der Waals surface area contributed by atoms with E-state index >= 15 is 0 Å². The van der Waals surface area contributed by atoms with Gasteiger partial charge in [-0.05, 0) is 83.1 Å². The molecule has 8 heteroatoms. The van der Waals surface area contributed by atoms with Crippen molar-refractivity contribution in [1.29, 1.82) is 0 Å². The minimum absolute atomic E-state index is 0.0968. The van der Waals surface area contributed by atoms with Crippen molar-refractivity contribution >= 4 is 62.2 Å². The number of carbonyl (C=O) groups excluding carboxylic acids is 1. The van der Waals surface area contributed by atoms with Crippen molar-refractivity contribution in [2.75, 3.05) is 7.11 Å². The number of nitrogens with zero attached hydrogens (tertiary/aromatic N) is 3. The lowest BCUT2D eigenvalue weighted by Gasteiger charge is -2.22. The van der Waals surface area contributed by atoms with Gasteiger partial charge in [0.25, 0.3) is 5.91 Å². The molecule has 0 saturated heterocycles. The van der Waals surface area contributed by atoms with E-state index < -0.39 is 0 Å². The normalized spacial score (nSPS) is 18.9. The largest absolute Gasteiger partial charge is 0.497 e. The summed E-state index contributed by atoms with van der Waals surface area (Å²) in [6, 6.07) is 23.3. The third kappa shape index (κ3) is 4.82. The van der Waals surface area contributed by atoms with Gasteiger partial charge in [-0.3, -0.25) is 4.79 Å². The zero-order valence-corrected chi connectivity index (χ0v) is 21.3. The Morgan fingerprint density at radius 2 is 1.76 bits per heavy atom. The molecule has 3 aromatic rings. The second-order valence-electron chi connectivity index (χ2n) is 7.75. The van der Waals surface area contributed by atoms with E-state index in [0.29, 0.717) is 21.5 Å². The minimum atomic E-state index is -0.258. The van der Waals surface area contributed by atoms with Gasteiger partial charge in [-0.25, -0.2) is 5.01 Å². The van der Waals surface area contributed by atoms with Gasteiger partial charge in [0.2, 0.25) is 0 Å². The Bertz CT molecular complexity index is 1320. The van der Waals surface area contributed by atoms with Gasteiger partial charge in [0.15, 0.2) is 5.17 Å². The molecule has 2 heterocycles. The number of halogens is 2. The standard InChI is InChI=1S/C26H19BrClN3O2S/c1-33-21-12-6-17(7-13-21)22-15-23(18-4-10-20(28)11-5-18)31(30-22)26-29-25(32)24(34-26)14-16-2-8-19(27)9-3-16/h2-14,23H,15H2,1H3/b24-14-. The first-order chi connectivity index (χ1) is 16.5. The molecular weight excluding hydrogens is 534 g/mol. The third-order valence-corrected chi connectivity index (χ3v) is 7.32. The summed E-state index contributed by atoms with van der Waals surface area (Å²) in [5, 5.41) is 8.00. The van der Waals surface area contributed by atoms with Crippen molar-refractivity contribution in [3.05, 3.63) is 104 Å². The van der Waals surface area contributed by atoms with Gasteiger partial charge >= 0.3 is 0 Å². The average molecular weight is 553 g/mol. The highest BCUT2D eigenvalue weighted by Crippen LogP contribution is 2.40. The number of carbonyl (C=O) groups is 1. The number of amidine groups is 1. The van der Waals surface area contributed by atoms with E-state index in [4.69, 9.17) is 21.4 Å². The molecule has 1 amide bonds. The van der Waals surface area contributed by atoms with E-state index in [1.807, 2.05) is 83.9 Å². The van der Waals surface area contributed by atoms with Crippen LogP contribution in [0.25, 0.3) is 6.08 Å². The van der Waals surface area contributed by atoms with Crippen LogP contribution in [0.5, 0.6) is 5.75 Å². The van der Waals surface area contributed by atoms with Crippen molar-refractivity contribution in [3.63, 3.8) is 0 Å². The molecule has 5 nitrogen and oxygen atoms in total. The van der Waals surface area contributed by atoms with E-state index in [0.717, 1.165) is 32.6 Å². The van der Waals surface area contributed by atoms with Gasteiger partial charge in [0, 0.05) is 15.9 Å². The molecule has 2 aliphatic rings. The Morgan fingerprint density at radius 3 is 2.44 bits per heavy atom. The number of hydrogen-bond donors (Lipinski definition) is 0. The van der Waals surface area contributed by atoms with Crippen LogP contribution in [0, 0.1) is 0 Å². The fourth-order valence-electron chi connectivity index (χ4n) is 3.80. The summed E-state index contributed by atoms with van der Waals surface area (Å²) < 4.78 is 6.27. The molecule has 0 aromatic heterocycles. The number of hydrazone groups is 1. The van der Waals surface area contributed by atoms with Gasteiger partial charge < -0.3 is 4.74 Å². The molecule has 0 radical (unpaired) electrons. The maximum absolute atomic E-state index is 12.7. The molecule has 0 fully saturated rings. The molecule has 0 bridgehead atoms. The highest BCUT2D eigenvalue weighted by atomic mass is 79.9. The summed E-state index contributed by atoms with van der Waals surface area (Å²) in [6.45, 7) is 0. The summed E-state index contributed by atoms with van der Waals surface area (Å²) in [6.07, 6.45) is 2.53. The third-order valence-electron chi connectivity index (χ3n) is 5.56. The number of ether oxygens (including phenoxy) is 1. The monoisotopic (exact) mass is 551 g/mol. The lowest BCUT2D eigenvalue weighted by molar-refractivity contribution is -0.113. The maximum Gasteiger partial charge on any atom is 0.286 e. The van der Waals surface area contributed by atoms with Crippen LogP contribution in [0.3, 0.4) is 0 Å². The molecule has 5 rings (SSSR count). The van der Waals surface area contributed by atoms with E-state index in [1.165, 1.54) is 11.8 Å². The van der Waals surface area contributed by atoms with Crippen molar-refractivity contribution in [2.24, 2.45) is 10.1 Å². The Balaban J connectivity index is 1.47. The smallest absolute Gasteiger partial charge is 0.286 e. The molecule has 2 aliphatic heterocycles. The van der Waals surface area contributed by atoms with Gasteiger partial charge in [0.1, 0.15) is 5.75 Å². The Hall–Kier alpha value is -2.87. The Morgan fingerprint density at radius 1 is 1.06 bits per heavy atom. The highest BCUT2D eigenvalue weighted by Gasteiger charge is 2.36. The van der Waals surface area contributed by atoms with Crippen LogP contribution in [0.4, 0.5) is 0 Å². The van der Waals surface area contributed by atoms with Gasteiger partial charge in [0.05, 0.1) is 23.8 Å². The van der Waals surface area contributed by atoms with E-state index in [2.05, 4.69) is 20.9 Å². The zero-order valence-electron chi connectivity index (χ0n) is 18.1. The number of benzene rings is 3. The second kappa shape index (κ2) is 9.78.